The van der Waals surface area contributed by atoms with Crippen LogP contribution in [0.25, 0.3) is 10.2 Å². The lowest BCUT2D eigenvalue weighted by atomic mass is 10.2. The average molecular weight is 283 g/mol. The number of hydrogen-bond acceptors (Lipinski definition) is 3. The van der Waals surface area contributed by atoms with Gasteiger partial charge in [0.1, 0.15) is 0 Å². The summed E-state index contributed by atoms with van der Waals surface area (Å²) >= 11 is 1.54. The molecule has 0 aliphatic rings. The fourth-order valence-electron chi connectivity index (χ4n) is 1.94. The van der Waals surface area contributed by atoms with Crippen molar-refractivity contribution in [1.82, 2.24) is 9.99 Å². The monoisotopic (exact) mass is 283 g/mol. The van der Waals surface area contributed by atoms with Crippen LogP contribution in [0.2, 0.25) is 0 Å². The van der Waals surface area contributed by atoms with Gasteiger partial charge in [0, 0.05) is 12.6 Å². The molecule has 0 bridgehead atoms. The second-order valence-corrected chi connectivity index (χ2v) is 5.34. The van der Waals surface area contributed by atoms with Crippen molar-refractivity contribution in [2.24, 2.45) is 12.1 Å². The first-order valence-electron chi connectivity index (χ1n) is 6.19. The summed E-state index contributed by atoms with van der Waals surface area (Å²) in [4.78, 5) is 12.7. The van der Waals surface area contributed by atoms with Crippen LogP contribution in [0.15, 0.2) is 59.7 Å². The molecule has 0 saturated carbocycles. The van der Waals surface area contributed by atoms with Gasteiger partial charge in [0.05, 0.1) is 10.2 Å². The second kappa shape index (κ2) is 5.30. The Morgan fingerprint density at radius 2 is 1.80 bits per heavy atom. The number of nitrogens with one attached hydrogen (secondary N) is 1. The van der Waals surface area contributed by atoms with Crippen molar-refractivity contribution in [2.75, 3.05) is 0 Å². The van der Waals surface area contributed by atoms with Crippen LogP contribution >= 0.6 is 11.3 Å². The van der Waals surface area contributed by atoms with Crippen LogP contribution in [0.1, 0.15) is 10.4 Å². The van der Waals surface area contributed by atoms with Gasteiger partial charge in [-0.1, -0.05) is 41.7 Å². The number of aromatic nitrogens is 1. The van der Waals surface area contributed by atoms with E-state index >= 15 is 0 Å². The second-order valence-electron chi connectivity index (χ2n) is 4.33. The topological polar surface area (TPSA) is 46.4 Å². The number of amides is 1. The van der Waals surface area contributed by atoms with Crippen molar-refractivity contribution >= 4 is 27.5 Å². The normalized spacial score (nSPS) is 11.8. The minimum absolute atomic E-state index is 0.206. The van der Waals surface area contributed by atoms with E-state index in [-0.39, 0.29) is 5.91 Å². The first-order chi connectivity index (χ1) is 9.75. The van der Waals surface area contributed by atoms with E-state index in [2.05, 4.69) is 10.5 Å². The van der Waals surface area contributed by atoms with Gasteiger partial charge in [-0.3, -0.25) is 4.79 Å². The minimum Gasteiger partial charge on any atom is -0.318 e. The van der Waals surface area contributed by atoms with Crippen molar-refractivity contribution in [3.8, 4) is 0 Å². The number of thiazole rings is 1. The zero-order chi connectivity index (χ0) is 13.9. The van der Waals surface area contributed by atoms with E-state index in [4.69, 9.17) is 0 Å². The number of nitrogens with zero attached hydrogens (tertiary/aromatic N) is 2. The maximum absolute atomic E-state index is 11.9. The van der Waals surface area contributed by atoms with Gasteiger partial charge in [-0.15, -0.1) is 5.10 Å². The van der Waals surface area contributed by atoms with Crippen molar-refractivity contribution < 1.29 is 4.79 Å². The van der Waals surface area contributed by atoms with Crippen LogP contribution in [0.5, 0.6) is 0 Å². The predicted octanol–water partition coefficient (Wildman–Crippen LogP) is 2.49. The molecule has 0 spiro atoms. The standard InChI is InChI=1S/C15H13N3OS/c1-18-12-9-5-6-10-13(12)20-15(18)17-16-14(19)11-7-3-2-4-8-11/h2-10H,1H3,(H,16,19)/b17-15+. The summed E-state index contributed by atoms with van der Waals surface area (Å²) in [5.74, 6) is -0.206. The fraction of sp³-hybridized carbons (Fsp3) is 0.0667. The number of rotatable bonds is 2. The fourth-order valence-corrected chi connectivity index (χ4v) is 2.92. The molecular weight excluding hydrogens is 270 g/mol. The first-order valence-corrected chi connectivity index (χ1v) is 7.01. The number of carbonyl (C=O) groups excluding carboxylic acids is 1. The van der Waals surface area contributed by atoms with Crippen LogP contribution in [0.3, 0.4) is 0 Å². The molecule has 1 heterocycles. The smallest absolute Gasteiger partial charge is 0.271 e. The number of para-hydroxylation sites is 1. The summed E-state index contributed by atoms with van der Waals surface area (Å²) < 4.78 is 3.10. The molecule has 4 nitrogen and oxygen atoms in total. The van der Waals surface area contributed by atoms with Gasteiger partial charge in [0.25, 0.3) is 5.91 Å². The number of hydrogen-bond donors (Lipinski definition) is 1. The van der Waals surface area contributed by atoms with Gasteiger partial charge in [-0.05, 0) is 24.3 Å². The zero-order valence-electron chi connectivity index (χ0n) is 10.9. The average Bonchev–Trinajstić information content (AvgIpc) is 2.83. The largest absolute Gasteiger partial charge is 0.318 e. The third-order valence-electron chi connectivity index (χ3n) is 3.00. The molecule has 0 aliphatic carbocycles. The van der Waals surface area contributed by atoms with E-state index in [0.717, 1.165) is 15.0 Å². The van der Waals surface area contributed by atoms with Gasteiger partial charge >= 0.3 is 0 Å². The molecule has 0 atom stereocenters. The van der Waals surface area contributed by atoms with E-state index in [0.29, 0.717) is 5.56 Å². The Labute approximate surface area is 120 Å². The Kier molecular flexibility index (Phi) is 3.35. The quantitative estimate of drug-likeness (QED) is 0.722. The van der Waals surface area contributed by atoms with Crippen molar-refractivity contribution in [1.29, 1.82) is 0 Å². The maximum atomic E-state index is 11.9. The Morgan fingerprint density at radius 1 is 1.10 bits per heavy atom. The highest BCUT2D eigenvalue weighted by Crippen LogP contribution is 2.14. The third-order valence-corrected chi connectivity index (χ3v) is 4.12. The van der Waals surface area contributed by atoms with Gasteiger partial charge in [0.2, 0.25) is 4.80 Å². The lowest BCUT2D eigenvalue weighted by Gasteiger charge is -1.98. The summed E-state index contributed by atoms with van der Waals surface area (Å²) in [5, 5.41) is 4.20. The Balaban J connectivity index is 1.92. The third kappa shape index (κ3) is 2.35. The zero-order valence-corrected chi connectivity index (χ0v) is 11.7. The van der Waals surface area contributed by atoms with Gasteiger partial charge in [0.15, 0.2) is 0 Å². The highest BCUT2D eigenvalue weighted by molar-refractivity contribution is 7.16. The highest BCUT2D eigenvalue weighted by atomic mass is 32.1. The molecule has 20 heavy (non-hydrogen) atoms. The minimum atomic E-state index is -0.206. The van der Waals surface area contributed by atoms with Crippen LogP contribution < -0.4 is 10.2 Å². The summed E-state index contributed by atoms with van der Waals surface area (Å²) in [5.41, 5.74) is 4.29. The molecule has 2 aromatic carbocycles. The van der Waals surface area contributed by atoms with Crippen LogP contribution in [-0.2, 0) is 7.05 Å². The maximum Gasteiger partial charge on any atom is 0.271 e. The van der Waals surface area contributed by atoms with Crippen LogP contribution in [0.4, 0.5) is 0 Å². The number of carbonyl (C=O) groups is 1. The molecule has 1 N–H and O–H groups in total. The van der Waals surface area contributed by atoms with E-state index in [9.17, 15) is 4.79 Å². The molecule has 1 amide bonds. The molecule has 5 heteroatoms. The van der Waals surface area contributed by atoms with E-state index in [1.54, 1.807) is 23.5 Å². The van der Waals surface area contributed by atoms with Gasteiger partial charge in [-0.25, -0.2) is 5.43 Å². The molecule has 0 unspecified atom stereocenters. The predicted molar refractivity (Wildman–Crippen MR) is 80.3 cm³/mol. The van der Waals surface area contributed by atoms with Gasteiger partial charge < -0.3 is 4.57 Å². The van der Waals surface area contributed by atoms with E-state index in [1.165, 1.54) is 0 Å². The molecule has 0 radical (unpaired) electrons. The van der Waals surface area contributed by atoms with E-state index in [1.807, 2.05) is 54.1 Å². The SMILES string of the molecule is Cn1/c(=N\NC(=O)c2ccccc2)sc2ccccc21. The Bertz CT molecular complexity index is 818. The lowest BCUT2D eigenvalue weighted by molar-refractivity contribution is 0.0953. The lowest BCUT2D eigenvalue weighted by Crippen LogP contribution is -2.23. The molecule has 100 valence electrons. The van der Waals surface area contributed by atoms with Crippen molar-refractivity contribution in [3.63, 3.8) is 0 Å². The number of aryl methyl sites for hydroxylation is 1. The van der Waals surface area contributed by atoms with E-state index < -0.39 is 0 Å². The highest BCUT2D eigenvalue weighted by Gasteiger charge is 2.04. The Morgan fingerprint density at radius 3 is 2.55 bits per heavy atom. The van der Waals surface area contributed by atoms with Crippen molar-refractivity contribution in [2.45, 2.75) is 0 Å². The summed E-state index contributed by atoms with van der Waals surface area (Å²) in [6.45, 7) is 0. The molecular formula is C15H13N3OS. The summed E-state index contributed by atoms with van der Waals surface area (Å²) in [6.07, 6.45) is 0. The van der Waals surface area contributed by atoms with Crippen LogP contribution in [-0.4, -0.2) is 10.5 Å². The van der Waals surface area contributed by atoms with Crippen molar-refractivity contribution in [3.05, 3.63) is 65.0 Å². The summed E-state index contributed by atoms with van der Waals surface area (Å²) in [7, 11) is 1.94. The molecule has 0 fully saturated rings. The van der Waals surface area contributed by atoms with Gasteiger partial charge in [-0.2, -0.15) is 0 Å². The first kappa shape index (κ1) is 12.6. The summed E-state index contributed by atoms with van der Waals surface area (Å²) in [6, 6.07) is 17.1. The van der Waals surface area contributed by atoms with Crippen LogP contribution in [0, 0.1) is 0 Å². The Hall–Kier alpha value is -2.40. The molecule has 0 aliphatic heterocycles. The molecule has 3 aromatic rings. The number of benzene rings is 2. The molecule has 3 rings (SSSR count). The number of fused-ring (bicyclic) bond motifs is 1. The molecule has 1 aromatic heterocycles. The molecule has 0 saturated heterocycles.